The number of rotatable bonds is 3. The summed E-state index contributed by atoms with van der Waals surface area (Å²) in [4.78, 5) is -0.115. The molecule has 2 aromatic rings. The monoisotopic (exact) mass is 273 g/mol. The third kappa shape index (κ3) is 3.99. The highest BCUT2D eigenvalue weighted by molar-refractivity contribution is 7.85. The van der Waals surface area contributed by atoms with Crippen LogP contribution in [0.4, 0.5) is 11.4 Å². The van der Waals surface area contributed by atoms with E-state index in [1.807, 2.05) is 30.3 Å². The average Bonchev–Trinajstić information content (AvgIpc) is 2.30. The molecule has 2 radical (unpaired) electrons. The van der Waals surface area contributed by atoms with Crippen LogP contribution in [-0.4, -0.2) is 36.0 Å². The molecule has 0 atom stereocenters. The molecule has 0 saturated carbocycles. The lowest BCUT2D eigenvalue weighted by atomic mass is 10.3. The van der Waals surface area contributed by atoms with Crippen molar-refractivity contribution in [1.29, 1.82) is 0 Å². The largest absolute Gasteiger partial charge is 0.356 e. The van der Waals surface area contributed by atoms with Gasteiger partial charge in [-0.2, -0.15) is 8.42 Å². The molecule has 0 heterocycles. The number of nitrogens with one attached hydrogen (secondary N) is 1. The van der Waals surface area contributed by atoms with Crippen molar-refractivity contribution in [2.75, 3.05) is 5.32 Å². The van der Waals surface area contributed by atoms with Crippen LogP contribution in [0.15, 0.2) is 59.5 Å². The molecular weight excluding hydrogens is 263 g/mol. The minimum atomic E-state index is -4.12. The number of para-hydroxylation sites is 1. The molecule has 0 fully saturated rings. The van der Waals surface area contributed by atoms with Crippen molar-refractivity contribution in [2.45, 2.75) is 4.90 Å². The highest BCUT2D eigenvalue weighted by Crippen LogP contribution is 2.18. The summed E-state index contributed by atoms with van der Waals surface area (Å²) < 4.78 is 30.5. The van der Waals surface area contributed by atoms with Crippen molar-refractivity contribution in [2.24, 2.45) is 0 Å². The van der Waals surface area contributed by atoms with Crippen molar-refractivity contribution in [3.05, 3.63) is 54.6 Å². The minimum absolute atomic E-state index is 0. The second-order valence-corrected chi connectivity index (χ2v) is 4.91. The van der Waals surface area contributed by atoms with Gasteiger partial charge in [0.25, 0.3) is 10.1 Å². The Hall–Kier alpha value is -1.08. The third-order valence-electron chi connectivity index (χ3n) is 2.21. The SMILES string of the molecule is O=S(=O)(O)c1ccc(Nc2ccccc2)cc1.[Mg]. The van der Waals surface area contributed by atoms with Crippen LogP contribution in [0.25, 0.3) is 0 Å². The Bertz CT molecular complexity index is 597. The summed E-state index contributed by atoms with van der Waals surface area (Å²) in [6.45, 7) is 0. The second kappa shape index (κ2) is 6.19. The minimum Gasteiger partial charge on any atom is -0.356 e. The van der Waals surface area contributed by atoms with Crippen molar-refractivity contribution < 1.29 is 13.0 Å². The van der Waals surface area contributed by atoms with Crippen molar-refractivity contribution in [3.63, 3.8) is 0 Å². The molecule has 6 heteroatoms. The first-order valence-corrected chi connectivity index (χ1v) is 6.39. The first-order chi connectivity index (χ1) is 8.05. The van der Waals surface area contributed by atoms with Gasteiger partial charge < -0.3 is 5.32 Å². The van der Waals surface area contributed by atoms with Gasteiger partial charge in [0.1, 0.15) is 0 Å². The lowest BCUT2D eigenvalue weighted by Crippen LogP contribution is -1.98. The molecule has 18 heavy (non-hydrogen) atoms. The van der Waals surface area contributed by atoms with Gasteiger partial charge in [-0.3, -0.25) is 4.55 Å². The fourth-order valence-electron chi connectivity index (χ4n) is 1.40. The summed E-state index contributed by atoms with van der Waals surface area (Å²) in [5.74, 6) is 0. The van der Waals surface area contributed by atoms with E-state index in [0.717, 1.165) is 11.4 Å². The van der Waals surface area contributed by atoms with Gasteiger partial charge in [0.05, 0.1) is 4.90 Å². The molecule has 0 spiro atoms. The van der Waals surface area contributed by atoms with Gasteiger partial charge in [-0.05, 0) is 36.4 Å². The van der Waals surface area contributed by atoms with Crippen LogP contribution in [0.2, 0.25) is 0 Å². The van der Waals surface area contributed by atoms with Crippen molar-refractivity contribution >= 4 is 44.5 Å². The van der Waals surface area contributed by atoms with E-state index in [1.165, 1.54) is 12.1 Å². The van der Waals surface area contributed by atoms with Gasteiger partial charge in [0.2, 0.25) is 0 Å². The van der Waals surface area contributed by atoms with Crippen molar-refractivity contribution in [3.8, 4) is 0 Å². The third-order valence-corrected chi connectivity index (χ3v) is 3.08. The summed E-state index contributed by atoms with van der Waals surface area (Å²) >= 11 is 0. The van der Waals surface area contributed by atoms with Crippen LogP contribution >= 0.6 is 0 Å². The Kier molecular flexibility index (Phi) is 5.15. The van der Waals surface area contributed by atoms with Crippen LogP contribution in [-0.2, 0) is 10.1 Å². The van der Waals surface area contributed by atoms with E-state index in [0.29, 0.717) is 0 Å². The normalized spacial score (nSPS) is 10.5. The van der Waals surface area contributed by atoms with E-state index in [-0.39, 0.29) is 27.9 Å². The summed E-state index contributed by atoms with van der Waals surface area (Å²) in [6.07, 6.45) is 0. The van der Waals surface area contributed by atoms with Crippen LogP contribution in [0, 0.1) is 0 Å². The van der Waals surface area contributed by atoms with E-state index in [2.05, 4.69) is 5.32 Å². The standard InChI is InChI=1S/C12H11NO3S.Mg/c14-17(15,16)12-8-6-11(7-9-12)13-10-4-2-1-3-5-10;/h1-9,13H,(H,14,15,16);. The molecule has 2 rings (SSSR count). The van der Waals surface area contributed by atoms with Crippen LogP contribution in [0.1, 0.15) is 0 Å². The molecule has 0 amide bonds. The summed E-state index contributed by atoms with van der Waals surface area (Å²) in [5, 5.41) is 3.11. The van der Waals surface area contributed by atoms with Crippen LogP contribution < -0.4 is 5.32 Å². The Labute approximate surface area is 122 Å². The molecule has 0 unspecified atom stereocenters. The summed E-state index contributed by atoms with van der Waals surface area (Å²) in [6, 6.07) is 15.4. The first-order valence-electron chi connectivity index (χ1n) is 4.95. The maximum absolute atomic E-state index is 10.8. The molecule has 0 saturated heterocycles. The molecule has 0 aliphatic heterocycles. The molecule has 4 nitrogen and oxygen atoms in total. The maximum atomic E-state index is 10.8. The number of benzene rings is 2. The van der Waals surface area contributed by atoms with E-state index < -0.39 is 10.1 Å². The zero-order valence-corrected chi connectivity index (χ0v) is 11.8. The zero-order chi connectivity index (χ0) is 12.3. The predicted molar refractivity (Wildman–Crippen MR) is 71.7 cm³/mol. The fraction of sp³-hybridized carbons (Fsp3) is 0. The van der Waals surface area contributed by atoms with Gasteiger partial charge >= 0.3 is 0 Å². The zero-order valence-electron chi connectivity index (χ0n) is 9.58. The van der Waals surface area contributed by atoms with Gasteiger partial charge in [-0.25, -0.2) is 0 Å². The van der Waals surface area contributed by atoms with Crippen LogP contribution in [0.5, 0.6) is 0 Å². The molecule has 0 aliphatic carbocycles. The molecule has 90 valence electrons. The highest BCUT2D eigenvalue weighted by Gasteiger charge is 2.08. The highest BCUT2D eigenvalue weighted by atomic mass is 32.2. The van der Waals surface area contributed by atoms with E-state index in [4.69, 9.17) is 4.55 Å². The van der Waals surface area contributed by atoms with Gasteiger partial charge in [-0.15, -0.1) is 0 Å². The predicted octanol–water partition coefficient (Wildman–Crippen LogP) is 2.30. The second-order valence-electron chi connectivity index (χ2n) is 3.49. The van der Waals surface area contributed by atoms with E-state index in [1.54, 1.807) is 12.1 Å². The molecule has 0 bridgehead atoms. The quantitative estimate of drug-likeness (QED) is 0.665. The fourth-order valence-corrected chi connectivity index (χ4v) is 1.88. The molecule has 0 aromatic heterocycles. The van der Waals surface area contributed by atoms with Gasteiger partial charge in [-0.1, -0.05) is 18.2 Å². The number of anilines is 2. The first kappa shape index (κ1) is 15.0. The van der Waals surface area contributed by atoms with Gasteiger partial charge in [0, 0.05) is 34.4 Å². The van der Waals surface area contributed by atoms with Crippen LogP contribution in [0.3, 0.4) is 0 Å². The summed E-state index contributed by atoms with van der Waals surface area (Å²) in [7, 11) is -4.12. The van der Waals surface area contributed by atoms with Crippen molar-refractivity contribution in [1.82, 2.24) is 0 Å². The maximum Gasteiger partial charge on any atom is 0.294 e. The van der Waals surface area contributed by atoms with Gasteiger partial charge in [0.15, 0.2) is 0 Å². The number of hydrogen-bond donors (Lipinski definition) is 2. The lowest BCUT2D eigenvalue weighted by molar-refractivity contribution is 0.483. The molecule has 2 aromatic carbocycles. The lowest BCUT2D eigenvalue weighted by Gasteiger charge is -2.06. The summed E-state index contributed by atoms with van der Waals surface area (Å²) in [5.41, 5.74) is 1.66. The van der Waals surface area contributed by atoms with E-state index >= 15 is 0 Å². The number of hydrogen-bond acceptors (Lipinski definition) is 3. The Balaban J connectivity index is 0.00000162. The molecule has 2 N–H and O–H groups in total. The Morgan fingerprint density at radius 2 is 1.33 bits per heavy atom. The van der Waals surface area contributed by atoms with E-state index in [9.17, 15) is 8.42 Å². The molecule has 0 aliphatic rings. The Morgan fingerprint density at radius 1 is 0.833 bits per heavy atom. The smallest absolute Gasteiger partial charge is 0.294 e. The topological polar surface area (TPSA) is 66.4 Å². The molecular formula is C12H11MgNO3S. The Morgan fingerprint density at radius 3 is 1.83 bits per heavy atom. The average molecular weight is 274 g/mol.